The Morgan fingerprint density at radius 2 is 2.00 bits per heavy atom. The van der Waals surface area contributed by atoms with Crippen molar-refractivity contribution in [3.63, 3.8) is 0 Å². The smallest absolute Gasteiger partial charge is 0.185 e. The lowest BCUT2D eigenvalue weighted by Crippen LogP contribution is -2.19. The lowest BCUT2D eigenvalue weighted by molar-refractivity contribution is 0.584. The minimum Gasteiger partial charge on any atom is -0.351 e. The summed E-state index contributed by atoms with van der Waals surface area (Å²) in [6.07, 6.45) is 2.37. The Morgan fingerprint density at radius 1 is 1.32 bits per heavy atom. The summed E-state index contributed by atoms with van der Waals surface area (Å²) < 4.78 is 0. The van der Waals surface area contributed by atoms with Crippen molar-refractivity contribution in [1.82, 2.24) is 10.3 Å². The largest absolute Gasteiger partial charge is 0.351 e. The molecule has 0 spiro atoms. The maximum Gasteiger partial charge on any atom is 0.185 e. The van der Waals surface area contributed by atoms with Crippen LogP contribution in [-0.4, -0.2) is 25.6 Å². The second kappa shape index (κ2) is 7.85. The van der Waals surface area contributed by atoms with E-state index in [2.05, 4.69) is 45.0 Å². The maximum absolute atomic E-state index is 4.88. The van der Waals surface area contributed by atoms with Crippen LogP contribution in [0.5, 0.6) is 0 Å². The van der Waals surface area contributed by atoms with Gasteiger partial charge in [0, 0.05) is 25.0 Å². The minimum atomic E-state index is 0.548. The van der Waals surface area contributed by atoms with Crippen LogP contribution in [0.3, 0.4) is 0 Å². The van der Waals surface area contributed by atoms with Crippen molar-refractivity contribution in [3.8, 4) is 0 Å². The van der Waals surface area contributed by atoms with E-state index in [-0.39, 0.29) is 0 Å². The van der Waals surface area contributed by atoms with Gasteiger partial charge in [0.1, 0.15) is 0 Å². The molecular formula is C15H29N3S. The van der Waals surface area contributed by atoms with Crippen LogP contribution >= 0.6 is 11.3 Å². The van der Waals surface area contributed by atoms with E-state index in [4.69, 9.17) is 4.98 Å². The Balaban J connectivity index is 2.84. The molecule has 19 heavy (non-hydrogen) atoms. The molecule has 4 heteroatoms. The van der Waals surface area contributed by atoms with Crippen molar-refractivity contribution < 1.29 is 0 Å². The second-order valence-corrected chi connectivity index (χ2v) is 6.81. The molecule has 0 amide bonds. The summed E-state index contributed by atoms with van der Waals surface area (Å²) in [5.74, 6) is 1.29. The SMILES string of the molecule is CCC(C)c1nc(N(C)CCC(C)C)sc1CNC. The first-order chi connectivity index (χ1) is 8.99. The molecule has 1 rings (SSSR count). The van der Waals surface area contributed by atoms with Crippen molar-refractivity contribution in [2.24, 2.45) is 5.92 Å². The number of rotatable bonds is 8. The Labute approximate surface area is 122 Å². The average Bonchev–Trinajstić information content (AvgIpc) is 2.79. The molecular weight excluding hydrogens is 254 g/mol. The second-order valence-electron chi connectivity index (χ2n) is 5.75. The first-order valence-electron chi connectivity index (χ1n) is 7.34. The topological polar surface area (TPSA) is 28.2 Å². The van der Waals surface area contributed by atoms with Gasteiger partial charge in [0.2, 0.25) is 0 Å². The quantitative estimate of drug-likeness (QED) is 0.785. The van der Waals surface area contributed by atoms with Gasteiger partial charge in [0.25, 0.3) is 0 Å². The monoisotopic (exact) mass is 283 g/mol. The van der Waals surface area contributed by atoms with E-state index < -0.39 is 0 Å². The molecule has 1 aromatic rings. The van der Waals surface area contributed by atoms with Crippen molar-refractivity contribution in [3.05, 3.63) is 10.6 Å². The van der Waals surface area contributed by atoms with Gasteiger partial charge in [-0.1, -0.05) is 27.7 Å². The summed E-state index contributed by atoms with van der Waals surface area (Å²) in [6, 6.07) is 0. The van der Waals surface area contributed by atoms with Gasteiger partial charge in [-0.25, -0.2) is 4.98 Å². The van der Waals surface area contributed by atoms with E-state index >= 15 is 0 Å². The van der Waals surface area contributed by atoms with Gasteiger partial charge < -0.3 is 10.2 Å². The zero-order valence-corrected chi connectivity index (χ0v) is 14.1. The zero-order chi connectivity index (χ0) is 14.4. The lowest BCUT2D eigenvalue weighted by atomic mass is 10.0. The van der Waals surface area contributed by atoms with E-state index in [9.17, 15) is 0 Å². The van der Waals surface area contributed by atoms with Crippen LogP contribution in [0.2, 0.25) is 0 Å². The molecule has 110 valence electrons. The van der Waals surface area contributed by atoms with Crippen LogP contribution in [-0.2, 0) is 6.54 Å². The van der Waals surface area contributed by atoms with Gasteiger partial charge in [-0.05, 0) is 31.7 Å². The number of hydrogen-bond acceptors (Lipinski definition) is 4. The predicted octanol–water partition coefficient (Wildman–Crippen LogP) is 3.86. The van der Waals surface area contributed by atoms with Gasteiger partial charge in [0.15, 0.2) is 5.13 Å². The molecule has 0 fully saturated rings. The first kappa shape index (κ1) is 16.4. The molecule has 0 aliphatic rings. The maximum atomic E-state index is 4.88. The molecule has 0 bridgehead atoms. The normalized spacial score (nSPS) is 13.0. The van der Waals surface area contributed by atoms with Crippen LogP contribution < -0.4 is 10.2 Å². The molecule has 0 aromatic carbocycles. The van der Waals surface area contributed by atoms with Gasteiger partial charge >= 0.3 is 0 Å². The van der Waals surface area contributed by atoms with E-state index in [1.165, 1.54) is 22.1 Å². The third kappa shape index (κ3) is 4.77. The van der Waals surface area contributed by atoms with E-state index in [0.29, 0.717) is 5.92 Å². The van der Waals surface area contributed by atoms with E-state index in [1.54, 1.807) is 0 Å². The Kier molecular flexibility index (Phi) is 6.80. The van der Waals surface area contributed by atoms with E-state index in [0.717, 1.165) is 25.4 Å². The standard InChI is InChI=1S/C15H29N3S/c1-7-12(4)14-13(10-16-5)19-15(17-14)18(6)9-8-11(2)3/h11-12,16H,7-10H2,1-6H3. The highest BCUT2D eigenvalue weighted by Crippen LogP contribution is 2.31. The molecule has 0 aliphatic carbocycles. The molecule has 0 aliphatic heterocycles. The zero-order valence-electron chi connectivity index (χ0n) is 13.3. The first-order valence-corrected chi connectivity index (χ1v) is 8.16. The third-order valence-corrected chi connectivity index (χ3v) is 4.69. The number of hydrogen-bond donors (Lipinski definition) is 1. The summed E-state index contributed by atoms with van der Waals surface area (Å²) in [6.45, 7) is 11.1. The Hall–Kier alpha value is -0.610. The van der Waals surface area contributed by atoms with Crippen LogP contribution in [0.25, 0.3) is 0 Å². The molecule has 1 heterocycles. The van der Waals surface area contributed by atoms with Crippen molar-refractivity contribution in [2.45, 2.75) is 53.0 Å². The van der Waals surface area contributed by atoms with Crippen LogP contribution in [0, 0.1) is 5.92 Å². The highest BCUT2D eigenvalue weighted by atomic mass is 32.1. The van der Waals surface area contributed by atoms with Gasteiger partial charge in [-0.3, -0.25) is 0 Å². The van der Waals surface area contributed by atoms with Gasteiger partial charge in [-0.2, -0.15) is 0 Å². The van der Waals surface area contributed by atoms with Crippen molar-refractivity contribution >= 4 is 16.5 Å². The van der Waals surface area contributed by atoms with Crippen LogP contribution in [0.1, 0.15) is 57.0 Å². The minimum absolute atomic E-state index is 0.548. The molecule has 1 N–H and O–H groups in total. The van der Waals surface area contributed by atoms with Crippen molar-refractivity contribution in [2.75, 3.05) is 25.5 Å². The van der Waals surface area contributed by atoms with E-state index in [1.807, 2.05) is 18.4 Å². The summed E-state index contributed by atoms with van der Waals surface area (Å²) in [4.78, 5) is 8.58. The highest BCUT2D eigenvalue weighted by molar-refractivity contribution is 7.15. The Morgan fingerprint density at radius 3 is 2.53 bits per heavy atom. The fraction of sp³-hybridized carbons (Fsp3) is 0.800. The fourth-order valence-electron chi connectivity index (χ4n) is 1.93. The number of anilines is 1. The molecule has 0 saturated heterocycles. The van der Waals surface area contributed by atoms with Crippen molar-refractivity contribution in [1.29, 1.82) is 0 Å². The number of nitrogens with one attached hydrogen (secondary N) is 1. The van der Waals surface area contributed by atoms with Gasteiger partial charge in [-0.15, -0.1) is 11.3 Å². The summed E-state index contributed by atoms with van der Waals surface area (Å²) in [5.41, 5.74) is 1.29. The molecule has 1 unspecified atom stereocenters. The molecule has 1 atom stereocenters. The molecule has 0 saturated carbocycles. The van der Waals surface area contributed by atoms with Gasteiger partial charge in [0.05, 0.1) is 5.69 Å². The lowest BCUT2D eigenvalue weighted by Gasteiger charge is -2.16. The van der Waals surface area contributed by atoms with Crippen LogP contribution in [0.15, 0.2) is 0 Å². The summed E-state index contributed by atoms with van der Waals surface area (Å²) in [5, 5.41) is 4.43. The fourth-order valence-corrected chi connectivity index (χ4v) is 3.11. The third-order valence-electron chi connectivity index (χ3n) is 3.50. The summed E-state index contributed by atoms with van der Waals surface area (Å²) in [7, 11) is 4.16. The summed E-state index contributed by atoms with van der Waals surface area (Å²) >= 11 is 1.84. The molecule has 1 aromatic heterocycles. The molecule has 3 nitrogen and oxygen atoms in total. The number of aromatic nitrogens is 1. The Bertz CT molecular complexity index is 373. The highest BCUT2D eigenvalue weighted by Gasteiger charge is 2.17. The number of thiazole rings is 1. The van der Waals surface area contributed by atoms with Crippen LogP contribution in [0.4, 0.5) is 5.13 Å². The average molecular weight is 283 g/mol. The number of nitrogens with zero attached hydrogens (tertiary/aromatic N) is 2. The predicted molar refractivity (Wildman–Crippen MR) is 86.3 cm³/mol. The molecule has 0 radical (unpaired) electrons.